The van der Waals surface area contributed by atoms with Crippen molar-refractivity contribution in [3.8, 4) is 0 Å². The van der Waals surface area contributed by atoms with Crippen molar-refractivity contribution in [1.29, 1.82) is 0 Å². The topological polar surface area (TPSA) is 106 Å². The normalized spacial score (nSPS) is 11.8. The number of benzene rings is 1. The van der Waals surface area contributed by atoms with Crippen molar-refractivity contribution in [1.82, 2.24) is 10.1 Å². The lowest BCUT2D eigenvalue weighted by Gasteiger charge is -2.20. The molecule has 30 heavy (non-hydrogen) atoms. The zero-order chi connectivity index (χ0) is 22.5. The van der Waals surface area contributed by atoms with Gasteiger partial charge in [0.05, 0.1) is 11.4 Å². The fraction of sp³-hybridized carbons (Fsp3) is 0.524. The Balaban J connectivity index is 1.93. The smallest absolute Gasteiger partial charge is 0.412 e. The molecule has 0 aliphatic heterocycles. The summed E-state index contributed by atoms with van der Waals surface area (Å²) in [5.74, 6) is 0.203. The van der Waals surface area contributed by atoms with Crippen LogP contribution in [0.25, 0.3) is 0 Å². The highest BCUT2D eigenvalue weighted by atomic mass is 19.1. The molecule has 0 saturated heterocycles. The number of carbonyl (C=O) groups excluding carboxylic acids is 2. The summed E-state index contributed by atoms with van der Waals surface area (Å²) in [4.78, 5) is 28.6. The Kier molecular flexibility index (Phi) is 7.17. The largest absolute Gasteiger partial charge is 0.444 e. The van der Waals surface area contributed by atoms with Crippen LogP contribution in [0, 0.1) is 5.82 Å². The Labute approximate surface area is 175 Å². The quantitative estimate of drug-likeness (QED) is 0.694. The number of amides is 2. The SMILES string of the molecule is CC(C)(C)OC(=O)Nc1ccc(F)cc1NC(=O)CCCc1nc(C(C)(C)C)no1. The van der Waals surface area contributed by atoms with Gasteiger partial charge in [0.1, 0.15) is 11.4 Å². The van der Waals surface area contributed by atoms with Gasteiger partial charge in [0, 0.05) is 18.3 Å². The molecule has 1 aromatic carbocycles. The van der Waals surface area contributed by atoms with Crippen molar-refractivity contribution >= 4 is 23.4 Å². The molecule has 0 fully saturated rings. The van der Waals surface area contributed by atoms with Gasteiger partial charge in [-0.05, 0) is 45.4 Å². The molecule has 2 rings (SSSR count). The summed E-state index contributed by atoms with van der Waals surface area (Å²) in [5, 5.41) is 9.09. The summed E-state index contributed by atoms with van der Waals surface area (Å²) >= 11 is 0. The average molecular weight is 420 g/mol. The van der Waals surface area contributed by atoms with Crippen LogP contribution in [0.1, 0.15) is 66.1 Å². The molecule has 0 aliphatic carbocycles. The molecule has 0 unspecified atom stereocenters. The Morgan fingerprint density at radius 1 is 1.10 bits per heavy atom. The van der Waals surface area contributed by atoms with E-state index in [-0.39, 0.29) is 29.1 Å². The second kappa shape index (κ2) is 9.23. The summed E-state index contributed by atoms with van der Waals surface area (Å²) in [7, 11) is 0. The van der Waals surface area contributed by atoms with Crippen LogP contribution in [0.15, 0.2) is 22.7 Å². The molecule has 8 nitrogen and oxygen atoms in total. The van der Waals surface area contributed by atoms with Crippen LogP contribution in [0.5, 0.6) is 0 Å². The number of nitrogens with zero attached hydrogens (tertiary/aromatic N) is 2. The number of rotatable bonds is 6. The van der Waals surface area contributed by atoms with Gasteiger partial charge in [0.15, 0.2) is 5.82 Å². The highest BCUT2D eigenvalue weighted by Crippen LogP contribution is 2.24. The molecule has 0 spiro atoms. The first-order chi connectivity index (χ1) is 13.8. The van der Waals surface area contributed by atoms with Crippen molar-refractivity contribution in [2.45, 2.75) is 71.8 Å². The fourth-order valence-corrected chi connectivity index (χ4v) is 2.42. The minimum absolute atomic E-state index is 0.152. The van der Waals surface area contributed by atoms with Crippen molar-refractivity contribution in [3.63, 3.8) is 0 Å². The Morgan fingerprint density at radius 2 is 1.80 bits per heavy atom. The predicted molar refractivity (Wildman–Crippen MR) is 111 cm³/mol. The molecule has 0 aliphatic rings. The van der Waals surface area contributed by atoms with E-state index in [0.717, 1.165) is 6.07 Å². The van der Waals surface area contributed by atoms with Gasteiger partial charge in [0.25, 0.3) is 0 Å². The van der Waals surface area contributed by atoms with E-state index in [1.807, 2.05) is 20.8 Å². The molecule has 0 saturated carbocycles. The molecule has 0 radical (unpaired) electrons. The maximum atomic E-state index is 13.7. The van der Waals surface area contributed by atoms with Crippen LogP contribution >= 0.6 is 0 Å². The molecular formula is C21H29FN4O4. The third-order valence-electron chi connectivity index (χ3n) is 3.82. The van der Waals surface area contributed by atoms with Crippen LogP contribution in [0.3, 0.4) is 0 Å². The minimum atomic E-state index is -0.698. The second-order valence-corrected chi connectivity index (χ2v) is 8.98. The molecule has 1 heterocycles. The number of hydrogen-bond donors (Lipinski definition) is 2. The molecule has 2 amide bonds. The van der Waals surface area contributed by atoms with E-state index in [1.54, 1.807) is 20.8 Å². The molecule has 2 N–H and O–H groups in total. The van der Waals surface area contributed by atoms with Gasteiger partial charge in [-0.1, -0.05) is 25.9 Å². The van der Waals surface area contributed by atoms with E-state index in [2.05, 4.69) is 20.8 Å². The number of ether oxygens (including phenoxy) is 1. The highest BCUT2D eigenvalue weighted by Gasteiger charge is 2.21. The first-order valence-electron chi connectivity index (χ1n) is 9.76. The summed E-state index contributed by atoms with van der Waals surface area (Å²) in [6.07, 6.45) is 0.385. The van der Waals surface area contributed by atoms with E-state index in [1.165, 1.54) is 12.1 Å². The Bertz CT molecular complexity index is 897. The van der Waals surface area contributed by atoms with Crippen LogP contribution < -0.4 is 10.6 Å². The lowest BCUT2D eigenvalue weighted by Crippen LogP contribution is -2.27. The summed E-state index contributed by atoms with van der Waals surface area (Å²) in [6, 6.07) is 3.68. The minimum Gasteiger partial charge on any atom is -0.444 e. The number of anilines is 2. The van der Waals surface area contributed by atoms with Gasteiger partial charge in [-0.15, -0.1) is 0 Å². The number of hydrogen-bond acceptors (Lipinski definition) is 6. The van der Waals surface area contributed by atoms with E-state index in [4.69, 9.17) is 9.26 Å². The van der Waals surface area contributed by atoms with Crippen molar-refractivity contribution in [2.75, 3.05) is 10.6 Å². The third-order valence-corrected chi connectivity index (χ3v) is 3.82. The molecular weight excluding hydrogens is 391 g/mol. The Morgan fingerprint density at radius 3 is 2.40 bits per heavy atom. The lowest BCUT2D eigenvalue weighted by molar-refractivity contribution is -0.116. The monoisotopic (exact) mass is 420 g/mol. The summed E-state index contributed by atoms with van der Waals surface area (Å²) < 4.78 is 24.1. The first-order valence-corrected chi connectivity index (χ1v) is 9.76. The fourth-order valence-electron chi connectivity index (χ4n) is 2.42. The van der Waals surface area contributed by atoms with Gasteiger partial charge in [-0.25, -0.2) is 9.18 Å². The maximum absolute atomic E-state index is 13.7. The number of aryl methyl sites for hydroxylation is 1. The van der Waals surface area contributed by atoms with Crippen LogP contribution in [0.2, 0.25) is 0 Å². The third kappa shape index (κ3) is 7.46. The van der Waals surface area contributed by atoms with Gasteiger partial charge in [0.2, 0.25) is 11.8 Å². The van der Waals surface area contributed by atoms with E-state index < -0.39 is 17.5 Å². The molecule has 164 valence electrons. The van der Waals surface area contributed by atoms with E-state index in [9.17, 15) is 14.0 Å². The standard InChI is InChI=1S/C21H29FN4O4/c1-20(2,3)18-25-17(30-26-18)9-7-8-16(27)23-15-12-13(22)10-11-14(15)24-19(28)29-21(4,5)6/h10-12H,7-9H2,1-6H3,(H,23,27)(H,24,28). The zero-order valence-corrected chi connectivity index (χ0v) is 18.3. The average Bonchev–Trinajstić information content (AvgIpc) is 3.05. The molecule has 2 aromatic rings. The van der Waals surface area contributed by atoms with Gasteiger partial charge in [-0.3, -0.25) is 10.1 Å². The predicted octanol–water partition coefficient (Wildman–Crippen LogP) is 4.81. The maximum Gasteiger partial charge on any atom is 0.412 e. The van der Waals surface area contributed by atoms with E-state index in [0.29, 0.717) is 24.6 Å². The Hall–Kier alpha value is -2.97. The van der Waals surface area contributed by atoms with Gasteiger partial charge < -0.3 is 14.6 Å². The molecule has 9 heteroatoms. The summed E-state index contributed by atoms with van der Waals surface area (Å²) in [5.41, 5.74) is -0.507. The van der Waals surface area contributed by atoms with Gasteiger partial charge in [-0.2, -0.15) is 4.98 Å². The van der Waals surface area contributed by atoms with E-state index >= 15 is 0 Å². The van der Waals surface area contributed by atoms with Crippen molar-refractivity contribution < 1.29 is 23.2 Å². The number of aromatic nitrogens is 2. The second-order valence-electron chi connectivity index (χ2n) is 8.98. The molecule has 1 aromatic heterocycles. The molecule has 0 bridgehead atoms. The first kappa shape index (κ1) is 23.3. The van der Waals surface area contributed by atoms with Crippen LogP contribution in [0.4, 0.5) is 20.6 Å². The van der Waals surface area contributed by atoms with Gasteiger partial charge >= 0.3 is 6.09 Å². The lowest BCUT2D eigenvalue weighted by atomic mass is 9.96. The van der Waals surface area contributed by atoms with Crippen LogP contribution in [-0.4, -0.2) is 27.7 Å². The number of nitrogens with one attached hydrogen (secondary N) is 2. The van der Waals surface area contributed by atoms with Crippen LogP contribution in [-0.2, 0) is 21.4 Å². The number of carbonyl (C=O) groups is 2. The van der Waals surface area contributed by atoms with Crippen molar-refractivity contribution in [2.24, 2.45) is 0 Å². The summed E-state index contributed by atoms with van der Waals surface area (Å²) in [6.45, 7) is 11.1. The highest BCUT2D eigenvalue weighted by molar-refractivity contribution is 5.97. The van der Waals surface area contributed by atoms with Crippen molar-refractivity contribution in [3.05, 3.63) is 35.7 Å². The number of halogens is 1. The zero-order valence-electron chi connectivity index (χ0n) is 18.3. The molecule has 0 atom stereocenters.